The minimum Gasteiger partial charge on any atom is -0.367 e. The van der Waals surface area contributed by atoms with E-state index in [9.17, 15) is 4.79 Å². The number of carbonyl (C=O) groups is 1. The van der Waals surface area contributed by atoms with Crippen molar-refractivity contribution in [2.45, 2.75) is 26.4 Å². The lowest BCUT2D eigenvalue weighted by Crippen LogP contribution is -2.34. The van der Waals surface area contributed by atoms with Crippen molar-refractivity contribution in [3.63, 3.8) is 0 Å². The molecule has 0 saturated carbocycles. The molecule has 0 aliphatic heterocycles. The number of hydrogen-bond donors (Lipinski definition) is 0. The Kier molecular flexibility index (Phi) is 4.40. The molecule has 0 bridgehead atoms. The summed E-state index contributed by atoms with van der Waals surface area (Å²) < 4.78 is 4.99. The number of carbonyl (C=O) groups excluding carboxylic acids is 1. The van der Waals surface area contributed by atoms with E-state index in [2.05, 4.69) is 5.16 Å². The SMILES string of the molecule is COC(C)(C)C(=O)ON=C(C)c1ccccc1. The molecule has 1 rings (SSSR count). The van der Waals surface area contributed by atoms with Gasteiger partial charge in [-0.3, -0.25) is 0 Å². The second-order valence-corrected chi connectivity index (χ2v) is 4.14. The molecular weight excluding hydrogens is 218 g/mol. The predicted molar refractivity (Wildman–Crippen MR) is 65.8 cm³/mol. The Balaban J connectivity index is 2.70. The van der Waals surface area contributed by atoms with Gasteiger partial charge in [-0.05, 0) is 26.3 Å². The smallest absolute Gasteiger partial charge is 0.365 e. The van der Waals surface area contributed by atoms with Crippen LogP contribution in [0.15, 0.2) is 35.5 Å². The molecule has 0 atom stereocenters. The van der Waals surface area contributed by atoms with Gasteiger partial charge in [0.2, 0.25) is 0 Å². The van der Waals surface area contributed by atoms with Gasteiger partial charge in [-0.25, -0.2) is 4.79 Å². The van der Waals surface area contributed by atoms with Crippen LogP contribution in [0.25, 0.3) is 0 Å². The maximum Gasteiger partial charge on any atom is 0.365 e. The molecule has 0 aliphatic rings. The molecule has 17 heavy (non-hydrogen) atoms. The van der Waals surface area contributed by atoms with Crippen molar-refractivity contribution in [3.05, 3.63) is 35.9 Å². The highest BCUT2D eigenvalue weighted by atomic mass is 16.7. The lowest BCUT2D eigenvalue weighted by atomic mass is 10.1. The van der Waals surface area contributed by atoms with Crippen LogP contribution in [-0.4, -0.2) is 24.4 Å². The second-order valence-electron chi connectivity index (χ2n) is 4.14. The van der Waals surface area contributed by atoms with Crippen LogP contribution in [0.5, 0.6) is 0 Å². The van der Waals surface area contributed by atoms with E-state index >= 15 is 0 Å². The summed E-state index contributed by atoms with van der Waals surface area (Å²) in [5, 5.41) is 3.80. The van der Waals surface area contributed by atoms with Crippen LogP contribution in [0, 0.1) is 0 Å². The number of nitrogens with zero attached hydrogens (tertiary/aromatic N) is 1. The van der Waals surface area contributed by atoms with Crippen LogP contribution >= 0.6 is 0 Å². The lowest BCUT2D eigenvalue weighted by molar-refractivity contribution is -0.165. The van der Waals surface area contributed by atoms with Crippen LogP contribution in [0.4, 0.5) is 0 Å². The predicted octanol–water partition coefficient (Wildman–Crippen LogP) is 2.38. The first-order chi connectivity index (χ1) is 7.97. The molecule has 4 nitrogen and oxygen atoms in total. The van der Waals surface area contributed by atoms with Gasteiger partial charge in [-0.2, -0.15) is 0 Å². The quantitative estimate of drug-likeness (QED) is 0.457. The molecule has 0 amide bonds. The van der Waals surface area contributed by atoms with Crippen LogP contribution < -0.4 is 0 Å². The van der Waals surface area contributed by atoms with Gasteiger partial charge in [0.25, 0.3) is 0 Å². The Labute approximate surface area is 101 Å². The third kappa shape index (κ3) is 3.67. The van der Waals surface area contributed by atoms with Crippen LogP contribution in [0.1, 0.15) is 26.3 Å². The molecular formula is C13H17NO3. The van der Waals surface area contributed by atoms with Crippen molar-refractivity contribution >= 4 is 11.7 Å². The van der Waals surface area contributed by atoms with Crippen molar-refractivity contribution in [1.29, 1.82) is 0 Å². The fourth-order valence-electron chi connectivity index (χ4n) is 1.04. The fraction of sp³-hybridized carbons (Fsp3) is 0.385. The van der Waals surface area contributed by atoms with Crippen LogP contribution in [0.2, 0.25) is 0 Å². The molecule has 0 saturated heterocycles. The maximum absolute atomic E-state index is 11.6. The van der Waals surface area contributed by atoms with E-state index in [0.29, 0.717) is 5.71 Å². The highest BCUT2D eigenvalue weighted by Crippen LogP contribution is 2.10. The largest absolute Gasteiger partial charge is 0.367 e. The molecule has 4 heteroatoms. The molecule has 0 heterocycles. The minimum atomic E-state index is -0.986. The summed E-state index contributed by atoms with van der Waals surface area (Å²) in [6, 6.07) is 9.50. The molecule has 0 aromatic heterocycles. The summed E-state index contributed by atoms with van der Waals surface area (Å²) >= 11 is 0. The topological polar surface area (TPSA) is 47.9 Å². The van der Waals surface area contributed by atoms with E-state index in [-0.39, 0.29) is 0 Å². The second kappa shape index (κ2) is 5.59. The van der Waals surface area contributed by atoms with Crippen LogP contribution in [-0.2, 0) is 14.4 Å². The Morgan fingerprint density at radius 1 is 1.24 bits per heavy atom. The zero-order valence-corrected chi connectivity index (χ0v) is 10.6. The zero-order valence-electron chi connectivity index (χ0n) is 10.6. The van der Waals surface area contributed by atoms with E-state index in [1.807, 2.05) is 30.3 Å². The zero-order chi connectivity index (χ0) is 12.9. The van der Waals surface area contributed by atoms with Crippen molar-refractivity contribution in [2.75, 3.05) is 7.11 Å². The third-order valence-corrected chi connectivity index (χ3v) is 2.46. The van der Waals surface area contributed by atoms with E-state index in [1.165, 1.54) is 7.11 Å². The van der Waals surface area contributed by atoms with Gasteiger partial charge in [-0.1, -0.05) is 35.5 Å². The number of methoxy groups -OCH3 is 1. The summed E-state index contributed by atoms with van der Waals surface area (Å²) in [5.74, 6) is -0.518. The summed E-state index contributed by atoms with van der Waals surface area (Å²) in [6.07, 6.45) is 0. The maximum atomic E-state index is 11.6. The molecule has 1 aromatic carbocycles. The van der Waals surface area contributed by atoms with E-state index in [1.54, 1.807) is 20.8 Å². The van der Waals surface area contributed by atoms with Crippen LogP contribution in [0.3, 0.4) is 0 Å². The highest BCUT2D eigenvalue weighted by Gasteiger charge is 2.29. The van der Waals surface area contributed by atoms with Gasteiger partial charge in [0.05, 0.1) is 5.71 Å². The van der Waals surface area contributed by atoms with Gasteiger partial charge in [0.15, 0.2) is 5.60 Å². The van der Waals surface area contributed by atoms with E-state index in [4.69, 9.17) is 9.57 Å². The molecule has 0 radical (unpaired) electrons. The van der Waals surface area contributed by atoms with Crippen molar-refractivity contribution in [1.82, 2.24) is 0 Å². The van der Waals surface area contributed by atoms with Gasteiger partial charge >= 0.3 is 5.97 Å². The number of ether oxygens (including phenoxy) is 1. The molecule has 0 fully saturated rings. The standard InChI is InChI=1S/C13H17NO3/c1-10(11-8-6-5-7-9-11)14-17-12(15)13(2,3)16-4/h5-9H,1-4H3. The normalized spacial score (nSPS) is 12.4. The first-order valence-corrected chi connectivity index (χ1v) is 5.34. The Hall–Kier alpha value is -1.68. The lowest BCUT2D eigenvalue weighted by Gasteiger charge is -2.18. The monoisotopic (exact) mass is 235 g/mol. The Bertz CT molecular complexity index is 410. The van der Waals surface area contributed by atoms with Crippen molar-refractivity contribution < 1.29 is 14.4 Å². The third-order valence-electron chi connectivity index (χ3n) is 2.46. The minimum absolute atomic E-state index is 0.518. The first-order valence-electron chi connectivity index (χ1n) is 5.34. The number of rotatable bonds is 4. The van der Waals surface area contributed by atoms with Crippen molar-refractivity contribution in [3.8, 4) is 0 Å². The van der Waals surface area contributed by atoms with Gasteiger partial charge in [0, 0.05) is 7.11 Å². The van der Waals surface area contributed by atoms with E-state index < -0.39 is 11.6 Å². The summed E-state index contributed by atoms with van der Waals surface area (Å²) in [7, 11) is 1.45. The Morgan fingerprint density at radius 2 is 1.82 bits per heavy atom. The molecule has 1 aromatic rings. The van der Waals surface area contributed by atoms with Gasteiger partial charge < -0.3 is 9.57 Å². The number of benzene rings is 1. The number of oxime groups is 1. The Morgan fingerprint density at radius 3 is 2.35 bits per heavy atom. The molecule has 0 spiro atoms. The van der Waals surface area contributed by atoms with Gasteiger partial charge in [0.1, 0.15) is 0 Å². The van der Waals surface area contributed by atoms with Crippen molar-refractivity contribution in [2.24, 2.45) is 5.16 Å². The molecule has 92 valence electrons. The van der Waals surface area contributed by atoms with E-state index in [0.717, 1.165) is 5.56 Å². The number of hydrogen-bond acceptors (Lipinski definition) is 4. The average molecular weight is 235 g/mol. The molecule has 0 unspecified atom stereocenters. The molecule has 0 N–H and O–H groups in total. The van der Waals surface area contributed by atoms with Gasteiger partial charge in [-0.15, -0.1) is 0 Å². The highest BCUT2D eigenvalue weighted by molar-refractivity contribution is 5.98. The first kappa shape index (κ1) is 13.4. The summed E-state index contributed by atoms with van der Waals surface area (Å²) in [6.45, 7) is 5.04. The average Bonchev–Trinajstić information content (AvgIpc) is 2.36. The fourth-order valence-corrected chi connectivity index (χ4v) is 1.04. The summed E-state index contributed by atoms with van der Waals surface area (Å²) in [5.41, 5.74) is 0.571. The molecule has 0 aliphatic carbocycles. The summed E-state index contributed by atoms with van der Waals surface area (Å²) in [4.78, 5) is 16.4.